The lowest BCUT2D eigenvalue weighted by Gasteiger charge is -2.38. The van der Waals surface area contributed by atoms with Gasteiger partial charge in [-0.05, 0) is 55.0 Å². The third kappa shape index (κ3) is 5.46. The zero-order valence-electron chi connectivity index (χ0n) is 19.4. The van der Waals surface area contributed by atoms with E-state index in [2.05, 4.69) is 51.1 Å². The van der Waals surface area contributed by atoms with Crippen molar-refractivity contribution in [2.45, 2.75) is 46.6 Å². The van der Waals surface area contributed by atoms with Gasteiger partial charge in [-0.15, -0.1) is 0 Å². The minimum absolute atomic E-state index is 0.00825. The quantitative estimate of drug-likeness (QED) is 0.666. The van der Waals surface area contributed by atoms with Crippen molar-refractivity contribution in [3.8, 4) is 5.75 Å². The van der Waals surface area contributed by atoms with Crippen LogP contribution in [-0.4, -0.2) is 48.4 Å². The molecule has 0 N–H and O–H groups in total. The predicted octanol–water partition coefficient (Wildman–Crippen LogP) is 4.37. The Morgan fingerprint density at radius 3 is 2.52 bits per heavy atom. The van der Waals surface area contributed by atoms with Crippen LogP contribution < -0.4 is 4.74 Å². The maximum absolute atomic E-state index is 13.1. The number of rotatable bonds is 7. The molecule has 0 aromatic heterocycles. The Morgan fingerprint density at radius 1 is 1.16 bits per heavy atom. The summed E-state index contributed by atoms with van der Waals surface area (Å²) in [6.07, 6.45) is 1.35. The average molecular weight is 423 g/mol. The molecule has 0 fully saturated rings. The van der Waals surface area contributed by atoms with Crippen LogP contribution in [-0.2, 0) is 16.0 Å². The molecule has 5 nitrogen and oxygen atoms in total. The molecule has 0 spiro atoms. The summed E-state index contributed by atoms with van der Waals surface area (Å²) in [4.78, 5) is 28.9. The first-order valence-electron chi connectivity index (χ1n) is 11.2. The van der Waals surface area contributed by atoms with Gasteiger partial charge >= 0.3 is 0 Å². The maximum Gasteiger partial charge on any atom is 0.260 e. The van der Waals surface area contributed by atoms with Crippen molar-refractivity contribution in [3.63, 3.8) is 0 Å². The number of hydrogen-bond donors (Lipinski definition) is 0. The number of ether oxygens (including phenoxy) is 1. The van der Waals surface area contributed by atoms with Gasteiger partial charge in [0.2, 0.25) is 5.91 Å². The minimum Gasteiger partial charge on any atom is -0.484 e. The number of carbonyl (C=O) groups excluding carboxylic acids is 2. The molecule has 31 heavy (non-hydrogen) atoms. The molecule has 166 valence electrons. The number of hydrogen-bond acceptors (Lipinski definition) is 3. The van der Waals surface area contributed by atoms with Crippen LogP contribution in [0.2, 0.25) is 0 Å². The van der Waals surface area contributed by atoms with Gasteiger partial charge in [-0.25, -0.2) is 0 Å². The van der Waals surface area contributed by atoms with E-state index >= 15 is 0 Å². The molecule has 1 aliphatic heterocycles. The third-order valence-corrected chi connectivity index (χ3v) is 5.90. The number of benzene rings is 2. The van der Waals surface area contributed by atoms with E-state index in [1.807, 2.05) is 24.0 Å². The van der Waals surface area contributed by atoms with Gasteiger partial charge in [-0.1, -0.05) is 49.7 Å². The first kappa shape index (κ1) is 22.9. The summed E-state index contributed by atoms with van der Waals surface area (Å²) in [5.41, 5.74) is 4.60. The Kier molecular flexibility index (Phi) is 7.37. The highest BCUT2D eigenvalue weighted by atomic mass is 16.5. The molecule has 0 radical (unpaired) electrons. The lowest BCUT2D eigenvalue weighted by Crippen LogP contribution is -2.41. The molecule has 0 saturated heterocycles. The van der Waals surface area contributed by atoms with E-state index in [0.717, 1.165) is 17.5 Å². The molecular formula is C26H34N2O3. The molecular weight excluding hydrogens is 388 g/mol. The summed E-state index contributed by atoms with van der Waals surface area (Å²) in [6.45, 7) is 9.52. The summed E-state index contributed by atoms with van der Waals surface area (Å²) < 4.78 is 5.83. The Labute approximate surface area is 186 Å². The van der Waals surface area contributed by atoms with Gasteiger partial charge in [0.15, 0.2) is 6.61 Å². The Bertz CT molecular complexity index is 921. The first-order valence-corrected chi connectivity index (χ1v) is 11.2. The zero-order chi connectivity index (χ0) is 22.5. The summed E-state index contributed by atoms with van der Waals surface area (Å²) >= 11 is 0. The van der Waals surface area contributed by atoms with Gasteiger partial charge in [0.05, 0.1) is 6.04 Å². The summed E-state index contributed by atoms with van der Waals surface area (Å²) in [5, 5.41) is 0. The minimum atomic E-state index is -0.145. The van der Waals surface area contributed by atoms with Crippen LogP contribution in [0.25, 0.3) is 0 Å². The van der Waals surface area contributed by atoms with Crippen LogP contribution in [0.1, 0.15) is 55.5 Å². The molecule has 3 rings (SSSR count). The largest absolute Gasteiger partial charge is 0.484 e. The molecule has 0 saturated carbocycles. The average Bonchev–Trinajstić information content (AvgIpc) is 2.76. The fourth-order valence-corrected chi connectivity index (χ4v) is 3.96. The van der Waals surface area contributed by atoms with E-state index in [1.54, 1.807) is 11.9 Å². The van der Waals surface area contributed by atoms with Crippen LogP contribution in [0.4, 0.5) is 0 Å². The van der Waals surface area contributed by atoms with Crippen LogP contribution in [0.15, 0.2) is 42.5 Å². The number of nitrogens with zero attached hydrogens (tertiary/aromatic N) is 2. The Hall–Kier alpha value is -2.82. The molecule has 0 bridgehead atoms. The van der Waals surface area contributed by atoms with E-state index < -0.39 is 0 Å². The van der Waals surface area contributed by atoms with Gasteiger partial charge in [0.1, 0.15) is 5.75 Å². The number of aryl methyl sites for hydroxylation is 1. The summed E-state index contributed by atoms with van der Waals surface area (Å²) in [7, 11) is 1.77. The van der Waals surface area contributed by atoms with E-state index in [4.69, 9.17) is 4.74 Å². The van der Waals surface area contributed by atoms with Gasteiger partial charge in [0.25, 0.3) is 5.91 Å². The van der Waals surface area contributed by atoms with Crippen LogP contribution in [0.5, 0.6) is 5.75 Å². The van der Waals surface area contributed by atoms with Gasteiger partial charge in [0, 0.05) is 26.6 Å². The van der Waals surface area contributed by atoms with Crippen LogP contribution in [0.3, 0.4) is 0 Å². The van der Waals surface area contributed by atoms with Crippen LogP contribution in [0, 0.1) is 12.8 Å². The fraction of sp³-hybridized carbons (Fsp3) is 0.462. The van der Waals surface area contributed by atoms with Crippen molar-refractivity contribution < 1.29 is 14.3 Å². The SMILES string of the molecule is CCN(C)C(=O)COc1ccc2c(c1)C(c1ccc(C)cc1)N(C(=O)CC(C)C)CC2. The maximum atomic E-state index is 13.1. The number of carbonyl (C=O) groups is 2. The molecule has 1 heterocycles. The van der Waals surface area contributed by atoms with Crippen LogP contribution >= 0.6 is 0 Å². The highest BCUT2D eigenvalue weighted by Gasteiger charge is 2.32. The van der Waals surface area contributed by atoms with Gasteiger partial charge in [-0.3, -0.25) is 9.59 Å². The zero-order valence-corrected chi connectivity index (χ0v) is 19.4. The van der Waals surface area contributed by atoms with Crippen molar-refractivity contribution in [2.24, 2.45) is 5.92 Å². The number of amides is 2. The normalized spacial score (nSPS) is 15.5. The molecule has 2 aromatic rings. The Morgan fingerprint density at radius 2 is 1.87 bits per heavy atom. The van der Waals surface area contributed by atoms with Gasteiger partial charge < -0.3 is 14.5 Å². The second-order valence-corrected chi connectivity index (χ2v) is 8.81. The lowest BCUT2D eigenvalue weighted by molar-refractivity contribution is -0.134. The smallest absolute Gasteiger partial charge is 0.260 e. The molecule has 2 amide bonds. The highest BCUT2D eigenvalue weighted by Crippen LogP contribution is 2.38. The third-order valence-electron chi connectivity index (χ3n) is 5.90. The number of fused-ring (bicyclic) bond motifs is 1. The topological polar surface area (TPSA) is 49.9 Å². The second kappa shape index (κ2) is 9.99. The second-order valence-electron chi connectivity index (χ2n) is 8.81. The van der Waals surface area contributed by atoms with E-state index in [0.29, 0.717) is 31.2 Å². The van der Waals surface area contributed by atoms with E-state index in [1.165, 1.54) is 11.1 Å². The van der Waals surface area contributed by atoms with Crippen molar-refractivity contribution in [1.82, 2.24) is 9.80 Å². The molecule has 5 heteroatoms. The summed E-state index contributed by atoms with van der Waals surface area (Å²) in [6, 6.07) is 14.3. The van der Waals surface area contributed by atoms with Crippen molar-refractivity contribution in [3.05, 3.63) is 64.7 Å². The summed E-state index contributed by atoms with van der Waals surface area (Å²) in [5.74, 6) is 1.09. The Balaban J connectivity index is 1.94. The van der Waals surface area contributed by atoms with E-state index in [9.17, 15) is 9.59 Å². The molecule has 1 atom stereocenters. The first-order chi connectivity index (χ1) is 14.8. The molecule has 0 aliphatic carbocycles. The van der Waals surface area contributed by atoms with E-state index in [-0.39, 0.29) is 24.5 Å². The number of likely N-dealkylation sites (N-methyl/N-ethyl adjacent to an activating group) is 1. The van der Waals surface area contributed by atoms with Crippen molar-refractivity contribution in [1.29, 1.82) is 0 Å². The highest BCUT2D eigenvalue weighted by molar-refractivity contribution is 5.78. The fourth-order valence-electron chi connectivity index (χ4n) is 3.96. The van der Waals surface area contributed by atoms with Crippen molar-refractivity contribution >= 4 is 11.8 Å². The van der Waals surface area contributed by atoms with Gasteiger partial charge in [-0.2, -0.15) is 0 Å². The molecule has 2 aromatic carbocycles. The monoisotopic (exact) mass is 422 g/mol. The molecule has 1 unspecified atom stereocenters. The molecule has 1 aliphatic rings. The lowest BCUT2D eigenvalue weighted by atomic mass is 9.87. The predicted molar refractivity (Wildman–Crippen MR) is 123 cm³/mol. The van der Waals surface area contributed by atoms with Crippen molar-refractivity contribution in [2.75, 3.05) is 26.7 Å². The standard InChI is InChI=1S/C26H34N2O3/c1-6-27(5)25(30)17-31-22-12-11-20-13-14-28(24(29)15-18(2)3)26(23(20)16-22)21-9-7-19(4)8-10-21/h7-12,16,18,26H,6,13-15,17H2,1-5H3.